The Kier molecular flexibility index (Phi) is 12.0. The molecule has 1 atom stereocenters. The number of nitrogens with two attached hydrogens (primary N) is 1. The number of amides is 1. The first-order valence-electron chi connectivity index (χ1n) is 12.3. The van der Waals surface area contributed by atoms with E-state index in [1.807, 2.05) is 0 Å². The lowest BCUT2D eigenvalue weighted by atomic mass is 10.1. The van der Waals surface area contributed by atoms with Crippen molar-refractivity contribution in [2.24, 2.45) is 0 Å². The number of nitrogens with one attached hydrogen (secondary N) is 3. The molecule has 1 amide bonds. The van der Waals surface area contributed by atoms with Gasteiger partial charge in [-0.3, -0.25) is 24.2 Å². The van der Waals surface area contributed by atoms with E-state index in [9.17, 15) is 24.0 Å². The van der Waals surface area contributed by atoms with E-state index in [-0.39, 0.29) is 42.1 Å². The first-order chi connectivity index (χ1) is 19.0. The molecule has 0 radical (unpaired) electrons. The van der Waals surface area contributed by atoms with Crippen molar-refractivity contribution in [1.82, 2.24) is 25.3 Å². The number of anilines is 2. The van der Waals surface area contributed by atoms with Crippen molar-refractivity contribution in [2.45, 2.75) is 58.0 Å². The minimum atomic E-state index is -1.31. The number of aromatic nitrogens is 4. The van der Waals surface area contributed by atoms with Crippen molar-refractivity contribution in [1.29, 1.82) is 0 Å². The topological polar surface area (TPSA) is 251 Å². The number of aliphatic carboxylic acids is 3. The number of aromatic amines is 1. The van der Waals surface area contributed by atoms with E-state index >= 15 is 0 Å². The van der Waals surface area contributed by atoms with Crippen LogP contribution in [0.15, 0.2) is 35.3 Å². The van der Waals surface area contributed by atoms with E-state index in [2.05, 4.69) is 37.5 Å². The van der Waals surface area contributed by atoms with Crippen LogP contribution in [-0.2, 0) is 20.9 Å². The lowest BCUT2D eigenvalue weighted by Crippen LogP contribution is -2.41. The maximum absolute atomic E-state index is 12.3. The monoisotopic (exact) mass is 557 g/mol. The molecule has 0 aliphatic heterocycles. The Hall–Kier alpha value is -5.08. The van der Waals surface area contributed by atoms with Gasteiger partial charge in [0.2, 0.25) is 5.95 Å². The van der Waals surface area contributed by atoms with Crippen molar-refractivity contribution >= 4 is 46.6 Å². The van der Waals surface area contributed by atoms with Crippen LogP contribution in [0.4, 0.5) is 11.6 Å². The molecule has 0 bridgehead atoms. The minimum Gasteiger partial charge on any atom is -0.481 e. The van der Waals surface area contributed by atoms with E-state index in [4.69, 9.17) is 21.1 Å². The van der Waals surface area contributed by atoms with Crippen molar-refractivity contribution in [3.63, 3.8) is 0 Å². The first kappa shape index (κ1) is 31.1. The predicted molar refractivity (Wildman–Crippen MR) is 144 cm³/mol. The number of carbonyl (C=O) groups is 4. The zero-order valence-corrected chi connectivity index (χ0v) is 21.7. The van der Waals surface area contributed by atoms with Gasteiger partial charge in [0.1, 0.15) is 6.04 Å². The molecular formula is C25H31N7O8. The molecule has 3 aromatic rings. The van der Waals surface area contributed by atoms with Crippen molar-refractivity contribution in [3.8, 4) is 0 Å². The minimum absolute atomic E-state index is 0.0524. The maximum atomic E-state index is 12.3. The second kappa shape index (κ2) is 15.4. The number of nitrogens with zero attached hydrogens (tertiary/aromatic N) is 3. The molecule has 0 fully saturated rings. The summed E-state index contributed by atoms with van der Waals surface area (Å²) >= 11 is 0. The second-order valence-corrected chi connectivity index (χ2v) is 8.56. The molecular weight excluding hydrogens is 526 g/mol. The third kappa shape index (κ3) is 10.4. The molecule has 8 N–H and O–H groups in total. The summed E-state index contributed by atoms with van der Waals surface area (Å²) in [6.07, 6.45) is 4.12. The number of benzene rings is 1. The molecule has 2 heterocycles. The number of hydrogen-bond acceptors (Lipinski definition) is 10. The summed E-state index contributed by atoms with van der Waals surface area (Å²) in [6.45, 7) is 2.29. The summed E-state index contributed by atoms with van der Waals surface area (Å²) < 4.78 is 0. The highest BCUT2D eigenvalue weighted by Gasteiger charge is 2.21. The Labute approximate surface area is 227 Å². The largest absolute Gasteiger partial charge is 0.481 e. The highest BCUT2D eigenvalue weighted by Crippen LogP contribution is 2.12. The van der Waals surface area contributed by atoms with Gasteiger partial charge in [0, 0.05) is 24.1 Å². The standard InChI is InChI=1S/C19H19N7O6.C6H12O2/c20-19-25-15-14(17(30)26-19)23-11(8-22-15)7-21-10-3-1-9(2-4-10)16(29)24-12(18(31)32)5-6-13(27)28;1-2-3-4-5-6(7)8/h1-4,8,12,21H,5-7H2,(H,24,29)(H,27,28)(H,31,32)(H3,20,22,25,26,30);2-5H2,1H3,(H,7,8). The van der Waals surface area contributed by atoms with Crippen LogP contribution in [0.5, 0.6) is 0 Å². The molecule has 40 heavy (non-hydrogen) atoms. The fourth-order valence-corrected chi connectivity index (χ4v) is 3.28. The van der Waals surface area contributed by atoms with Crippen LogP contribution in [0.2, 0.25) is 0 Å². The molecule has 15 heteroatoms. The third-order valence-corrected chi connectivity index (χ3v) is 5.35. The SMILES string of the molecule is CCCCCC(=O)O.Nc1nc2ncc(CNc3ccc(C(=O)NC(CCC(=O)O)C(=O)O)cc3)nc2c(=O)[nH]1. The molecule has 15 nitrogen and oxygen atoms in total. The van der Waals surface area contributed by atoms with Crippen LogP contribution < -0.4 is 21.9 Å². The first-order valence-corrected chi connectivity index (χ1v) is 12.3. The smallest absolute Gasteiger partial charge is 0.326 e. The molecule has 0 aliphatic carbocycles. The summed E-state index contributed by atoms with van der Waals surface area (Å²) in [5.41, 5.74) is 6.47. The van der Waals surface area contributed by atoms with Gasteiger partial charge < -0.3 is 31.7 Å². The van der Waals surface area contributed by atoms with E-state index in [0.717, 1.165) is 19.3 Å². The molecule has 0 spiro atoms. The zero-order chi connectivity index (χ0) is 29.7. The van der Waals surface area contributed by atoms with E-state index in [0.29, 0.717) is 17.8 Å². The number of nitrogen functional groups attached to an aromatic ring is 1. The summed E-state index contributed by atoms with van der Waals surface area (Å²) in [6, 6.07) is 4.86. The van der Waals surface area contributed by atoms with Crippen molar-refractivity contribution in [2.75, 3.05) is 11.1 Å². The lowest BCUT2D eigenvalue weighted by Gasteiger charge is -2.14. The average Bonchev–Trinajstić information content (AvgIpc) is 2.90. The van der Waals surface area contributed by atoms with Crippen LogP contribution in [0.3, 0.4) is 0 Å². The van der Waals surface area contributed by atoms with E-state index in [1.54, 1.807) is 12.1 Å². The van der Waals surface area contributed by atoms with Crippen molar-refractivity contribution in [3.05, 3.63) is 52.1 Å². The molecule has 214 valence electrons. The van der Waals surface area contributed by atoms with Crippen LogP contribution in [0.25, 0.3) is 11.2 Å². The Morgan fingerprint density at radius 1 is 1.00 bits per heavy atom. The van der Waals surface area contributed by atoms with Gasteiger partial charge in [-0.25, -0.2) is 14.8 Å². The molecule has 0 saturated carbocycles. The van der Waals surface area contributed by atoms with Gasteiger partial charge in [-0.2, -0.15) is 4.98 Å². The van der Waals surface area contributed by atoms with Gasteiger partial charge >= 0.3 is 17.9 Å². The molecule has 1 aromatic carbocycles. The number of H-pyrrole nitrogens is 1. The molecule has 0 aliphatic rings. The van der Waals surface area contributed by atoms with Crippen LogP contribution in [0, 0.1) is 0 Å². The van der Waals surface area contributed by atoms with Gasteiger partial charge in [0.15, 0.2) is 11.2 Å². The average molecular weight is 558 g/mol. The number of carboxylic acid groups (broad SMARTS) is 3. The van der Waals surface area contributed by atoms with Crippen LogP contribution in [-0.4, -0.2) is 65.1 Å². The van der Waals surface area contributed by atoms with Gasteiger partial charge in [0.25, 0.3) is 11.5 Å². The Morgan fingerprint density at radius 3 is 2.27 bits per heavy atom. The van der Waals surface area contributed by atoms with E-state index < -0.39 is 35.4 Å². The number of carboxylic acids is 3. The molecule has 2 aromatic heterocycles. The molecule has 3 rings (SSSR count). The second-order valence-electron chi connectivity index (χ2n) is 8.56. The zero-order valence-electron chi connectivity index (χ0n) is 21.7. The van der Waals surface area contributed by atoms with Crippen LogP contribution >= 0.6 is 0 Å². The quantitative estimate of drug-likeness (QED) is 0.148. The molecule has 1 unspecified atom stereocenters. The number of unbranched alkanes of at least 4 members (excludes halogenated alkanes) is 2. The number of fused-ring (bicyclic) bond motifs is 1. The fourth-order valence-electron chi connectivity index (χ4n) is 3.28. The summed E-state index contributed by atoms with van der Waals surface area (Å²) in [4.78, 5) is 70.4. The van der Waals surface area contributed by atoms with Gasteiger partial charge in [-0.05, 0) is 37.1 Å². The maximum Gasteiger partial charge on any atom is 0.326 e. The highest BCUT2D eigenvalue weighted by atomic mass is 16.4. The predicted octanol–water partition coefficient (Wildman–Crippen LogP) is 1.61. The summed E-state index contributed by atoms with van der Waals surface area (Å²) in [5.74, 6) is -3.84. The van der Waals surface area contributed by atoms with Gasteiger partial charge in [-0.15, -0.1) is 0 Å². The number of carbonyl (C=O) groups excluding carboxylic acids is 1. The Morgan fingerprint density at radius 2 is 1.68 bits per heavy atom. The van der Waals surface area contributed by atoms with Crippen LogP contribution in [0.1, 0.15) is 61.5 Å². The summed E-state index contributed by atoms with van der Waals surface area (Å²) in [7, 11) is 0. The number of hydrogen-bond donors (Lipinski definition) is 7. The highest BCUT2D eigenvalue weighted by molar-refractivity contribution is 5.97. The number of rotatable bonds is 13. The lowest BCUT2D eigenvalue weighted by molar-refractivity contribution is -0.141. The Bertz CT molecular complexity index is 1390. The molecule has 0 saturated heterocycles. The summed E-state index contributed by atoms with van der Waals surface area (Å²) in [5, 5.41) is 31.3. The van der Waals surface area contributed by atoms with Gasteiger partial charge in [-0.1, -0.05) is 19.8 Å². The fraction of sp³-hybridized carbons (Fsp3) is 0.360. The third-order valence-electron chi connectivity index (χ3n) is 5.35. The van der Waals surface area contributed by atoms with E-state index in [1.165, 1.54) is 18.3 Å². The Balaban J connectivity index is 0.000000611. The normalized spacial score (nSPS) is 11.1. The van der Waals surface area contributed by atoms with Crippen molar-refractivity contribution < 1.29 is 34.5 Å². The van der Waals surface area contributed by atoms with Gasteiger partial charge in [0.05, 0.1) is 18.4 Å².